The molecule has 0 radical (unpaired) electrons. The average molecular weight is 505 g/mol. The number of aromatic carboxylic acids is 1. The summed E-state index contributed by atoms with van der Waals surface area (Å²) in [7, 11) is 0. The molecule has 10 heteroatoms. The van der Waals surface area contributed by atoms with Crippen LogP contribution in [0.5, 0.6) is 0 Å². The molecule has 0 spiro atoms. The number of amides is 1. The zero-order chi connectivity index (χ0) is 26.5. The minimum Gasteiger partial charge on any atom is -0.478 e. The van der Waals surface area contributed by atoms with Crippen LogP contribution < -0.4 is 5.32 Å². The molecule has 0 fully saturated rings. The number of carbonyl (C=O) groups is 2. The predicted molar refractivity (Wildman–Crippen MR) is 121 cm³/mol. The van der Waals surface area contributed by atoms with Crippen LogP contribution in [-0.4, -0.2) is 17.0 Å². The standard InChI is InChI=1S/C26H17F6NO3/c27-25(28,29)18-12-8-16(9-13-18)20(17-10-14-19(15-11-17)26(30,31)32)5-3-7-23(34)33-22-6-2-1-4-21(22)24(35)36/h1-15H,(H,33,34)(H,35,36). The number of hydrogen-bond donors (Lipinski definition) is 2. The van der Waals surface area contributed by atoms with Crippen LogP contribution in [0.4, 0.5) is 32.0 Å². The lowest BCUT2D eigenvalue weighted by atomic mass is 9.95. The number of allylic oxidation sites excluding steroid dienone is 2. The molecule has 3 aromatic rings. The molecule has 186 valence electrons. The minimum absolute atomic E-state index is 0.0503. The molecule has 0 saturated heterocycles. The Morgan fingerprint density at radius 2 is 1.19 bits per heavy atom. The molecule has 4 nitrogen and oxygen atoms in total. The van der Waals surface area contributed by atoms with Crippen LogP contribution in [0.3, 0.4) is 0 Å². The maximum atomic E-state index is 12.9. The van der Waals surface area contributed by atoms with Gasteiger partial charge in [-0.25, -0.2) is 4.79 Å². The fourth-order valence-electron chi connectivity index (χ4n) is 3.22. The second kappa shape index (κ2) is 10.5. The summed E-state index contributed by atoms with van der Waals surface area (Å²) in [5.74, 6) is -1.94. The SMILES string of the molecule is O=C(C=CC=C(c1ccc(C(F)(F)F)cc1)c1ccc(C(F)(F)F)cc1)Nc1ccccc1C(=O)O. The lowest BCUT2D eigenvalue weighted by Gasteiger charge is -2.12. The molecule has 0 aromatic heterocycles. The Hall–Kier alpha value is -4.34. The van der Waals surface area contributed by atoms with Gasteiger partial charge in [-0.15, -0.1) is 0 Å². The first-order valence-corrected chi connectivity index (χ1v) is 10.2. The minimum atomic E-state index is -4.57. The number of rotatable bonds is 6. The molecule has 3 rings (SSSR count). The predicted octanol–water partition coefficient (Wildman–Crippen LogP) is 7.05. The van der Waals surface area contributed by atoms with Crippen molar-refractivity contribution in [2.75, 3.05) is 5.32 Å². The first-order valence-electron chi connectivity index (χ1n) is 10.2. The van der Waals surface area contributed by atoms with Crippen molar-refractivity contribution in [3.05, 3.63) is 119 Å². The lowest BCUT2D eigenvalue weighted by molar-refractivity contribution is -0.138. The van der Waals surface area contributed by atoms with Crippen LogP contribution in [0, 0.1) is 0 Å². The summed E-state index contributed by atoms with van der Waals surface area (Å²) >= 11 is 0. The van der Waals surface area contributed by atoms with Crippen LogP contribution >= 0.6 is 0 Å². The van der Waals surface area contributed by atoms with Gasteiger partial charge >= 0.3 is 18.3 Å². The molecule has 0 unspecified atom stereocenters. The number of para-hydroxylation sites is 1. The van der Waals surface area contributed by atoms with Gasteiger partial charge in [-0.05, 0) is 53.1 Å². The summed E-state index contributed by atoms with van der Waals surface area (Å²) < 4.78 is 77.6. The molecule has 0 aliphatic heterocycles. The fourth-order valence-corrected chi connectivity index (χ4v) is 3.22. The molecule has 0 aliphatic carbocycles. The quantitative estimate of drug-likeness (QED) is 0.214. The van der Waals surface area contributed by atoms with Crippen molar-refractivity contribution in [3.63, 3.8) is 0 Å². The maximum absolute atomic E-state index is 12.9. The monoisotopic (exact) mass is 505 g/mol. The zero-order valence-corrected chi connectivity index (χ0v) is 18.2. The third-order valence-electron chi connectivity index (χ3n) is 4.97. The van der Waals surface area contributed by atoms with E-state index in [4.69, 9.17) is 0 Å². The van der Waals surface area contributed by atoms with Crippen LogP contribution in [0.25, 0.3) is 5.57 Å². The van der Waals surface area contributed by atoms with Gasteiger partial charge in [0.15, 0.2) is 0 Å². The van der Waals surface area contributed by atoms with E-state index in [0.717, 1.165) is 30.3 Å². The molecule has 0 saturated carbocycles. The van der Waals surface area contributed by atoms with Gasteiger partial charge in [0, 0.05) is 6.08 Å². The molecule has 0 heterocycles. The van der Waals surface area contributed by atoms with E-state index in [-0.39, 0.29) is 28.0 Å². The Labute approximate surface area is 201 Å². The van der Waals surface area contributed by atoms with E-state index in [9.17, 15) is 41.0 Å². The van der Waals surface area contributed by atoms with Crippen LogP contribution in [0.1, 0.15) is 32.6 Å². The highest BCUT2D eigenvalue weighted by atomic mass is 19.4. The topological polar surface area (TPSA) is 66.4 Å². The second-order valence-electron chi connectivity index (χ2n) is 7.43. The van der Waals surface area contributed by atoms with Crippen molar-refractivity contribution in [1.29, 1.82) is 0 Å². The van der Waals surface area contributed by atoms with Crippen molar-refractivity contribution < 1.29 is 41.0 Å². The van der Waals surface area contributed by atoms with Gasteiger partial charge in [0.2, 0.25) is 5.91 Å². The normalized spacial score (nSPS) is 11.8. The summed E-state index contributed by atoms with van der Waals surface area (Å²) in [5.41, 5.74) is -1.09. The van der Waals surface area contributed by atoms with E-state index in [1.165, 1.54) is 60.7 Å². The number of nitrogens with one attached hydrogen (secondary N) is 1. The van der Waals surface area contributed by atoms with Crippen molar-refractivity contribution in [3.8, 4) is 0 Å². The summed E-state index contributed by atoms with van der Waals surface area (Å²) in [6.45, 7) is 0. The van der Waals surface area contributed by atoms with Crippen LogP contribution in [0.2, 0.25) is 0 Å². The number of carbonyl (C=O) groups excluding carboxylic acids is 1. The Morgan fingerprint density at radius 1 is 0.722 bits per heavy atom. The van der Waals surface area contributed by atoms with Crippen molar-refractivity contribution in [1.82, 2.24) is 0 Å². The third kappa shape index (κ3) is 6.62. The third-order valence-corrected chi connectivity index (χ3v) is 4.97. The van der Waals surface area contributed by atoms with E-state index < -0.39 is 35.4 Å². The largest absolute Gasteiger partial charge is 0.478 e. The Balaban J connectivity index is 1.93. The highest BCUT2D eigenvalue weighted by Crippen LogP contribution is 2.33. The van der Waals surface area contributed by atoms with Gasteiger partial charge in [-0.2, -0.15) is 26.3 Å². The summed E-state index contributed by atoms with van der Waals surface area (Å²) in [6.07, 6.45) is -5.48. The number of halogens is 6. The van der Waals surface area contributed by atoms with Gasteiger partial charge in [0.25, 0.3) is 0 Å². The first-order chi connectivity index (χ1) is 16.9. The zero-order valence-electron chi connectivity index (χ0n) is 18.2. The van der Waals surface area contributed by atoms with Crippen molar-refractivity contribution in [2.45, 2.75) is 12.4 Å². The Bertz CT molecular complexity index is 1250. The Kier molecular flexibility index (Phi) is 7.67. The number of benzene rings is 3. The molecule has 0 atom stereocenters. The number of carboxylic acid groups (broad SMARTS) is 1. The second-order valence-corrected chi connectivity index (χ2v) is 7.43. The van der Waals surface area contributed by atoms with Gasteiger partial charge in [0.05, 0.1) is 22.4 Å². The van der Waals surface area contributed by atoms with Gasteiger partial charge in [0.1, 0.15) is 0 Å². The maximum Gasteiger partial charge on any atom is 0.416 e. The van der Waals surface area contributed by atoms with Gasteiger partial charge in [-0.3, -0.25) is 4.79 Å². The number of carboxylic acids is 1. The molecule has 0 aliphatic rings. The average Bonchev–Trinajstić information content (AvgIpc) is 2.81. The molecule has 1 amide bonds. The number of anilines is 1. The fraction of sp³-hybridized carbons (Fsp3) is 0.0769. The van der Waals surface area contributed by atoms with Crippen molar-refractivity contribution >= 4 is 23.1 Å². The van der Waals surface area contributed by atoms with Crippen LogP contribution in [-0.2, 0) is 17.1 Å². The molecular weight excluding hydrogens is 488 g/mol. The number of hydrogen-bond acceptors (Lipinski definition) is 2. The molecule has 3 aromatic carbocycles. The summed E-state index contributed by atoms with van der Waals surface area (Å²) in [6, 6.07) is 13.7. The molecular formula is C26H17F6NO3. The highest BCUT2D eigenvalue weighted by molar-refractivity contribution is 6.04. The van der Waals surface area contributed by atoms with Crippen molar-refractivity contribution in [2.24, 2.45) is 0 Å². The van der Waals surface area contributed by atoms with Gasteiger partial charge < -0.3 is 10.4 Å². The van der Waals surface area contributed by atoms with E-state index in [2.05, 4.69) is 5.32 Å². The van der Waals surface area contributed by atoms with E-state index >= 15 is 0 Å². The van der Waals surface area contributed by atoms with E-state index in [0.29, 0.717) is 0 Å². The smallest absolute Gasteiger partial charge is 0.416 e. The molecule has 2 N–H and O–H groups in total. The first kappa shape index (κ1) is 26.3. The van der Waals surface area contributed by atoms with Crippen LogP contribution in [0.15, 0.2) is 91.0 Å². The Morgan fingerprint density at radius 3 is 1.64 bits per heavy atom. The highest BCUT2D eigenvalue weighted by Gasteiger charge is 2.31. The summed E-state index contributed by atoms with van der Waals surface area (Å²) in [4.78, 5) is 23.6. The van der Waals surface area contributed by atoms with E-state index in [1.807, 2.05) is 0 Å². The molecule has 0 bridgehead atoms. The molecule has 36 heavy (non-hydrogen) atoms. The van der Waals surface area contributed by atoms with Gasteiger partial charge in [-0.1, -0.05) is 48.6 Å². The number of alkyl halides is 6. The van der Waals surface area contributed by atoms with E-state index in [1.54, 1.807) is 0 Å². The lowest BCUT2D eigenvalue weighted by Crippen LogP contribution is -2.11. The summed E-state index contributed by atoms with van der Waals surface area (Å²) in [5, 5.41) is 11.6.